The summed E-state index contributed by atoms with van der Waals surface area (Å²) in [6.45, 7) is 2.99. The van der Waals surface area contributed by atoms with Crippen LogP contribution in [0.1, 0.15) is 18.4 Å². The average molecular weight is 269 g/mol. The molecule has 0 bridgehead atoms. The van der Waals surface area contributed by atoms with Gasteiger partial charge in [-0.3, -0.25) is 4.90 Å². The first kappa shape index (κ1) is 13.7. The minimum atomic E-state index is 0.294. The van der Waals surface area contributed by atoms with Gasteiger partial charge in [-0.05, 0) is 52.2 Å². The highest BCUT2D eigenvalue weighted by Crippen LogP contribution is 2.27. The van der Waals surface area contributed by atoms with Crippen LogP contribution in [0.15, 0.2) is 18.2 Å². The van der Waals surface area contributed by atoms with Gasteiger partial charge in [0.25, 0.3) is 0 Å². The van der Waals surface area contributed by atoms with E-state index in [0.717, 1.165) is 18.7 Å². The first-order valence-electron chi connectivity index (χ1n) is 6.43. The van der Waals surface area contributed by atoms with E-state index < -0.39 is 0 Å². The number of likely N-dealkylation sites (tertiary alicyclic amines) is 1. The minimum absolute atomic E-state index is 0.294. The van der Waals surface area contributed by atoms with Crippen molar-refractivity contribution in [2.45, 2.75) is 25.4 Å². The third kappa shape index (κ3) is 3.16. The van der Waals surface area contributed by atoms with Crippen molar-refractivity contribution in [1.29, 1.82) is 0 Å². The molecule has 1 aliphatic heterocycles. The van der Waals surface area contributed by atoms with Gasteiger partial charge in [0.2, 0.25) is 0 Å². The minimum Gasteiger partial charge on any atom is -0.508 e. The number of hydrogen-bond donors (Lipinski definition) is 1. The molecule has 1 aromatic carbocycles. The van der Waals surface area contributed by atoms with Crippen molar-refractivity contribution in [3.63, 3.8) is 0 Å². The average Bonchev–Trinajstić information content (AvgIpc) is 2.34. The zero-order valence-electron chi connectivity index (χ0n) is 11.1. The Morgan fingerprint density at radius 2 is 2.06 bits per heavy atom. The third-order valence-electron chi connectivity index (χ3n) is 3.81. The predicted molar refractivity (Wildman–Crippen MR) is 75.1 cm³/mol. The normalized spacial score (nSPS) is 18.4. The number of piperidine rings is 1. The molecule has 1 aromatic rings. The monoisotopic (exact) mass is 268 g/mol. The van der Waals surface area contributed by atoms with E-state index in [1.54, 1.807) is 12.1 Å². The van der Waals surface area contributed by atoms with E-state index in [1.807, 2.05) is 6.07 Å². The Hall–Kier alpha value is -0.770. The smallest absolute Gasteiger partial charge is 0.121 e. The molecule has 1 saturated heterocycles. The Labute approximate surface area is 114 Å². The van der Waals surface area contributed by atoms with Crippen LogP contribution in [0, 0.1) is 0 Å². The number of benzene rings is 1. The molecule has 4 heteroatoms. The molecule has 3 nitrogen and oxygen atoms in total. The Kier molecular flexibility index (Phi) is 4.49. The molecule has 0 radical (unpaired) electrons. The van der Waals surface area contributed by atoms with Crippen molar-refractivity contribution < 1.29 is 5.11 Å². The van der Waals surface area contributed by atoms with Gasteiger partial charge in [-0.2, -0.15) is 0 Å². The maximum Gasteiger partial charge on any atom is 0.121 e. The Morgan fingerprint density at radius 3 is 2.67 bits per heavy atom. The molecular formula is C14H21ClN2O. The molecule has 0 spiro atoms. The Bertz CT molecular complexity index is 383. The number of hydrogen-bond acceptors (Lipinski definition) is 3. The van der Waals surface area contributed by atoms with Crippen LogP contribution in [-0.4, -0.2) is 48.1 Å². The zero-order valence-corrected chi connectivity index (χ0v) is 11.8. The van der Waals surface area contributed by atoms with Crippen LogP contribution in [0.2, 0.25) is 5.02 Å². The van der Waals surface area contributed by atoms with Crippen LogP contribution < -0.4 is 0 Å². The van der Waals surface area contributed by atoms with Crippen LogP contribution >= 0.6 is 11.6 Å². The molecular weight excluding hydrogens is 248 g/mol. The number of phenols is 1. The second-order valence-corrected chi connectivity index (χ2v) is 5.59. The summed E-state index contributed by atoms with van der Waals surface area (Å²) in [6.07, 6.45) is 2.36. The van der Waals surface area contributed by atoms with Crippen LogP contribution in [0.3, 0.4) is 0 Å². The fourth-order valence-corrected chi connectivity index (χ4v) is 2.75. The molecule has 1 aliphatic rings. The topological polar surface area (TPSA) is 26.7 Å². The first-order valence-corrected chi connectivity index (χ1v) is 6.81. The quantitative estimate of drug-likeness (QED) is 0.913. The van der Waals surface area contributed by atoms with Crippen LogP contribution in [0.25, 0.3) is 0 Å². The summed E-state index contributed by atoms with van der Waals surface area (Å²) < 4.78 is 0. The molecule has 2 rings (SSSR count). The summed E-state index contributed by atoms with van der Waals surface area (Å²) in [7, 11) is 4.27. The van der Waals surface area contributed by atoms with E-state index in [9.17, 15) is 5.11 Å². The summed E-state index contributed by atoms with van der Waals surface area (Å²) in [4.78, 5) is 4.66. The van der Waals surface area contributed by atoms with Crippen molar-refractivity contribution in [2.75, 3.05) is 27.2 Å². The molecule has 0 aromatic heterocycles. The van der Waals surface area contributed by atoms with Crippen LogP contribution in [0.5, 0.6) is 5.75 Å². The lowest BCUT2D eigenvalue weighted by Gasteiger charge is -2.35. The van der Waals surface area contributed by atoms with E-state index in [0.29, 0.717) is 23.4 Å². The number of rotatable bonds is 3. The lowest BCUT2D eigenvalue weighted by Crippen LogP contribution is -2.41. The van der Waals surface area contributed by atoms with Crippen LogP contribution in [0.4, 0.5) is 0 Å². The zero-order chi connectivity index (χ0) is 13.1. The van der Waals surface area contributed by atoms with Gasteiger partial charge in [0.15, 0.2) is 0 Å². The lowest BCUT2D eigenvalue weighted by molar-refractivity contribution is 0.138. The molecule has 18 heavy (non-hydrogen) atoms. The molecule has 1 N–H and O–H groups in total. The highest BCUT2D eigenvalue weighted by atomic mass is 35.5. The molecule has 0 aliphatic carbocycles. The summed E-state index contributed by atoms with van der Waals surface area (Å²) in [5, 5.41) is 10.5. The molecule has 1 heterocycles. The third-order valence-corrected chi connectivity index (χ3v) is 4.17. The van der Waals surface area contributed by atoms with E-state index in [4.69, 9.17) is 11.6 Å². The van der Waals surface area contributed by atoms with Crippen molar-refractivity contribution in [2.24, 2.45) is 0 Å². The van der Waals surface area contributed by atoms with Gasteiger partial charge >= 0.3 is 0 Å². The molecule has 100 valence electrons. The molecule has 0 atom stereocenters. The van der Waals surface area contributed by atoms with Crippen LogP contribution in [-0.2, 0) is 6.54 Å². The van der Waals surface area contributed by atoms with Crippen molar-refractivity contribution in [1.82, 2.24) is 9.80 Å². The van der Waals surface area contributed by atoms with Crippen molar-refractivity contribution in [3.8, 4) is 5.75 Å². The molecule has 1 fully saturated rings. The summed E-state index contributed by atoms with van der Waals surface area (Å²) >= 11 is 6.14. The van der Waals surface area contributed by atoms with Gasteiger partial charge in [-0.1, -0.05) is 17.7 Å². The van der Waals surface area contributed by atoms with E-state index in [2.05, 4.69) is 23.9 Å². The Balaban J connectivity index is 2.00. The Morgan fingerprint density at radius 1 is 1.39 bits per heavy atom. The number of phenolic OH excluding ortho intramolecular Hbond substituents is 1. The number of aromatic hydroxyl groups is 1. The highest BCUT2D eigenvalue weighted by molar-refractivity contribution is 6.31. The van der Waals surface area contributed by atoms with Gasteiger partial charge in [0, 0.05) is 23.2 Å². The largest absolute Gasteiger partial charge is 0.508 e. The van der Waals surface area contributed by atoms with Crippen molar-refractivity contribution in [3.05, 3.63) is 28.8 Å². The second-order valence-electron chi connectivity index (χ2n) is 5.19. The summed E-state index contributed by atoms with van der Waals surface area (Å²) in [6, 6.07) is 5.89. The van der Waals surface area contributed by atoms with Gasteiger partial charge < -0.3 is 10.0 Å². The number of halogens is 1. The fraction of sp³-hybridized carbons (Fsp3) is 0.571. The van der Waals surface area contributed by atoms with Gasteiger partial charge in [0.1, 0.15) is 5.75 Å². The molecule has 0 saturated carbocycles. The van der Waals surface area contributed by atoms with Gasteiger partial charge in [-0.25, -0.2) is 0 Å². The summed E-state index contributed by atoms with van der Waals surface area (Å²) in [5.41, 5.74) is 0.834. The van der Waals surface area contributed by atoms with Gasteiger partial charge in [-0.15, -0.1) is 0 Å². The standard InChI is InChI=1S/C14H21ClN2O/c1-16-8-6-11(7-9-16)17(2)10-12-13(15)4-3-5-14(12)18/h3-5,11,18H,6-10H2,1-2H3. The maximum atomic E-state index is 9.86. The first-order chi connectivity index (χ1) is 8.58. The predicted octanol–water partition coefficient (Wildman–Crippen LogP) is 2.57. The number of nitrogens with zero attached hydrogens (tertiary/aromatic N) is 2. The van der Waals surface area contributed by atoms with Gasteiger partial charge in [0.05, 0.1) is 0 Å². The van der Waals surface area contributed by atoms with E-state index >= 15 is 0 Å². The fourth-order valence-electron chi connectivity index (χ4n) is 2.52. The highest BCUT2D eigenvalue weighted by Gasteiger charge is 2.21. The van der Waals surface area contributed by atoms with E-state index in [1.165, 1.54) is 12.8 Å². The molecule has 0 amide bonds. The maximum absolute atomic E-state index is 9.86. The lowest BCUT2D eigenvalue weighted by atomic mass is 10.0. The molecule has 0 unspecified atom stereocenters. The SMILES string of the molecule is CN1CCC(N(C)Cc2c(O)cccc2Cl)CC1. The summed E-state index contributed by atoms with van der Waals surface area (Å²) in [5.74, 6) is 0.294. The van der Waals surface area contributed by atoms with E-state index in [-0.39, 0.29) is 0 Å². The second kappa shape index (κ2) is 5.91. The van der Waals surface area contributed by atoms with Crippen molar-refractivity contribution >= 4 is 11.6 Å².